The molecule has 0 aromatic carbocycles. The zero-order valence-electron chi connectivity index (χ0n) is 12.7. The summed E-state index contributed by atoms with van der Waals surface area (Å²) >= 11 is 0. The van der Waals surface area contributed by atoms with Crippen molar-refractivity contribution in [3.05, 3.63) is 29.7 Å². The highest BCUT2D eigenvalue weighted by Gasteiger charge is 2.28. The molecule has 4 heterocycles. The van der Waals surface area contributed by atoms with Crippen LogP contribution >= 0.6 is 0 Å². The molecule has 3 heteroatoms. The molecule has 0 saturated carbocycles. The van der Waals surface area contributed by atoms with Crippen molar-refractivity contribution in [3.8, 4) is 5.75 Å². The Kier molecular flexibility index (Phi) is 3.45. The molecule has 3 aliphatic heterocycles. The molecule has 0 N–H and O–H groups in total. The van der Waals surface area contributed by atoms with Gasteiger partial charge in [0.25, 0.3) is 0 Å². The number of rotatable bonds is 2. The largest absolute Gasteiger partial charge is 0.487 e. The molecular formula is C17H24N2O. The van der Waals surface area contributed by atoms with Gasteiger partial charge in [0.05, 0.1) is 6.20 Å². The summed E-state index contributed by atoms with van der Waals surface area (Å²) in [6, 6.07) is 2.09. The lowest BCUT2D eigenvalue weighted by atomic mass is 9.85. The minimum Gasteiger partial charge on any atom is -0.487 e. The number of piperidine rings is 3. The van der Waals surface area contributed by atoms with Crippen molar-refractivity contribution in [1.82, 2.24) is 9.88 Å². The quantitative estimate of drug-likeness (QED) is 0.820. The third kappa shape index (κ3) is 3.14. The van der Waals surface area contributed by atoms with Gasteiger partial charge >= 0.3 is 0 Å². The summed E-state index contributed by atoms with van der Waals surface area (Å²) in [4.78, 5) is 6.83. The first-order valence-electron chi connectivity index (χ1n) is 7.59. The SMILES string of the molecule is CC(C)(C)Oc1cncc(/C=C2\CC3CCN2CC3)c1. The van der Waals surface area contributed by atoms with E-state index < -0.39 is 0 Å². The predicted molar refractivity (Wildman–Crippen MR) is 81.5 cm³/mol. The summed E-state index contributed by atoms with van der Waals surface area (Å²) in [5.41, 5.74) is 2.44. The van der Waals surface area contributed by atoms with Gasteiger partial charge in [-0.25, -0.2) is 0 Å². The number of allylic oxidation sites excluding steroid dienone is 1. The molecule has 0 aliphatic carbocycles. The summed E-state index contributed by atoms with van der Waals surface area (Å²) in [7, 11) is 0. The fourth-order valence-corrected chi connectivity index (χ4v) is 3.12. The minimum absolute atomic E-state index is 0.180. The van der Waals surface area contributed by atoms with E-state index in [-0.39, 0.29) is 5.60 Å². The van der Waals surface area contributed by atoms with Gasteiger partial charge in [-0.1, -0.05) is 0 Å². The van der Waals surface area contributed by atoms with Crippen molar-refractivity contribution < 1.29 is 4.74 Å². The number of ether oxygens (including phenoxy) is 1. The average Bonchev–Trinajstić information content (AvgIpc) is 2.38. The number of hydrogen-bond donors (Lipinski definition) is 0. The van der Waals surface area contributed by atoms with Crippen LogP contribution in [0.2, 0.25) is 0 Å². The predicted octanol–water partition coefficient (Wildman–Crippen LogP) is 3.72. The fraction of sp³-hybridized carbons (Fsp3) is 0.588. The third-order valence-corrected chi connectivity index (χ3v) is 4.01. The van der Waals surface area contributed by atoms with Gasteiger partial charge in [0.1, 0.15) is 11.4 Å². The first-order chi connectivity index (χ1) is 9.49. The van der Waals surface area contributed by atoms with Gasteiger partial charge in [-0.2, -0.15) is 0 Å². The topological polar surface area (TPSA) is 25.4 Å². The molecule has 20 heavy (non-hydrogen) atoms. The van der Waals surface area contributed by atoms with E-state index in [0.29, 0.717) is 0 Å². The lowest BCUT2D eigenvalue weighted by Crippen LogP contribution is -2.39. The molecule has 1 aromatic heterocycles. The van der Waals surface area contributed by atoms with Crippen LogP contribution < -0.4 is 4.74 Å². The summed E-state index contributed by atoms with van der Waals surface area (Å²) in [6.45, 7) is 8.63. The van der Waals surface area contributed by atoms with E-state index in [9.17, 15) is 0 Å². The van der Waals surface area contributed by atoms with Crippen LogP contribution in [-0.2, 0) is 0 Å². The maximum absolute atomic E-state index is 5.89. The standard InChI is InChI=1S/C17H24N2O/c1-17(2,3)20-16-10-14(11-18-12-16)9-15-8-13-4-6-19(15)7-5-13/h9-13H,4-8H2,1-3H3/b15-9+. The molecule has 3 aliphatic rings. The van der Waals surface area contributed by atoms with Crippen molar-refractivity contribution in [2.24, 2.45) is 5.92 Å². The highest BCUT2D eigenvalue weighted by molar-refractivity contribution is 5.53. The van der Waals surface area contributed by atoms with Crippen LogP contribution in [0.25, 0.3) is 6.08 Å². The van der Waals surface area contributed by atoms with E-state index in [1.54, 1.807) is 6.20 Å². The van der Waals surface area contributed by atoms with Gasteiger partial charge in [0.2, 0.25) is 0 Å². The maximum Gasteiger partial charge on any atom is 0.138 e. The number of hydrogen-bond acceptors (Lipinski definition) is 3. The molecule has 3 nitrogen and oxygen atoms in total. The second-order valence-corrected chi connectivity index (χ2v) is 6.94. The van der Waals surface area contributed by atoms with Crippen LogP contribution in [0, 0.1) is 5.92 Å². The van der Waals surface area contributed by atoms with Crippen LogP contribution in [-0.4, -0.2) is 28.6 Å². The third-order valence-electron chi connectivity index (χ3n) is 4.01. The van der Waals surface area contributed by atoms with Gasteiger partial charge in [0, 0.05) is 25.0 Å². The second-order valence-electron chi connectivity index (χ2n) is 6.94. The summed E-state index contributed by atoms with van der Waals surface area (Å²) in [6.07, 6.45) is 9.95. The van der Waals surface area contributed by atoms with Crippen LogP contribution in [0.15, 0.2) is 24.2 Å². The minimum atomic E-state index is -0.180. The second kappa shape index (κ2) is 5.12. The van der Waals surface area contributed by atoms with Crippen molar-refractivity contribution in [3.63, 3.8) is 0 Å². The van der Waals surface area contributed by atoms with E-state index >= 15 is 0 Å². The molecule has 108 valence electrons. The van der Waals surface area contributed by atoms with Crippen LogP contribution in [0.4, 0.5) is 0 Å². The Morgan fingerprint density at radius 2 is 2.00 bits per heavy atom. The molecule has 2 bridgehead atoms. The van der Waals surface area contributed by atoms with Gasteiger partial charge < -0.3 is 9.64 Å². The van der Waals surface area contributed by atoms with Gasteiger partial charge in [0.15, 0.2) is 0 Å². The lowest BCUT2D eigenvalue weighted by Gasteiger charge is -2.42. The molecule has 0 unspecified atom stereocenters. The Hall–Kier alpha value is -1.51. The molecule has 0 spiro atoms. The number of aromatic nitrogens is 1. The first-order valence-corrected chi connectivity index (χ1v) is 7.59. The van der Waals surface area contributed by atoms with Gasteiger partial charge in [-0.3, -0.25) is 4.98 Å². The van der Waals surface area contributed by atoms with E-state index in [2.05, 4.69) is 42.8 Å². The number of nitrogens with zero attached hydrogens (tertiary/aromatic N) is 2. The van der Waals surface area contributed by atoms with Crippen LogP contribution in [0.3, 0.4) is 0 Å². The van der Waals surface area contributed by atoms with E-state index in [1.807, 2.05) is 6.20 Å². The highest BCUT2D eigenvalue weighted by atomic mass is 16.5. The molecule has 0 radical (unpaired) electrons. The Bertz CT molecular complexity index is 508. The molecule has 4 rings (SSSR count). The van der Waals surface area contributed by atoms with Crippen molar-refractivity contribution in [2.45, 2.75) is 45.6 Å². The molecule has 3 fully saturated rings. The summed E-state index contributed by atoms with van der Waals surface area (Å²) in [5, 5.41) is 0. The Labute approximate surface area is 121 Å². The van der Waals surface area contributed by atoms with Crippen LogP contribution in [0.1, 0.15) is 45.6 Å². The van der Waals surface area contributed by atoms with Crippen molar-refractivity contribution >= 4 is 6.08 Å². The van der Waals surface area contributed by atoms with E-state index in [0.717, 1.165) is 17.2 Å². The smallest absolute Gasteiger partial charge is 0.138 e. The Balaban J connectivity index is 1.79. The molecular weight excluding hydrogens is 248 g/mol. The van der Waals surface area contributed by atoms with E-state index in [1.165, 1.54) is 38.0 Å². The summed E-state index contributed by atoms with van der Waals surface area (Å²) < 4.78 is 5.89. The number of pyridine rings is 1. The average molecular weight is 272 g/mol. The summed E-state index contributed by atoms with van der Waals surface area (Å²) in [5.74, 6) is 1.75. The van der Waals surface area contributed by atoms with E-state index in [4.69, 9.17) is 4.74 Å². The number of fused-ring (bicyclic) bond motifs is 3. The van der Waals surface area contributed by atoms with Gasteiger partial charge in [-0.15, -0.1) is 0 Å². The Morgan fingerprint density at radius 3 is 2.60 bits per heavy atom. The van der Waals surface area contributed by atoms with Crippen LogP contribution in [0.5, 0.6) is 5.75 Å². The molecule has 1 aromatic rings. The van der Waals surface area contributed by atoms with Crippen molar-refractivity contribution in [2.75, 3.05) is 13.1 Å². The zero-order valence-corrected chi connectivity index (χ0v) is 12.7. The monoisotopic (exact) mass is 272 g/mol. The first kappa shape index (κ1) is 13.5. The fourth-order valence-electron chi connectivity index (χ4n) is 3.12. The molecule has 0 amide bonds. The molecule has 0 atom stereocenters. The van der Waals surface area contributed by atoms with Gasteiger partial charge in [-0.05, 0) is 63.7 Å². The highest BCUT2D eigenvalue weighted by Crippen LogP contribution is 2.35. The zero-order chi connectivity index (χ0) is 14.2. The Morgan fingerprint density at radius 1 is 1.25 bits per heavy atom. The lowest BCUT2D eigenvalue weighted by molar-refractivity contribution is 0.130. The molecule has 3 saturated heterocycles. The van der Waals surface area contributed by atoms with Crippen molar-refractivity contribution in [1.29, 1.82) is 0 Å². The normalized spacial score (nSPS) is 21.6. The maximum atomic E-state index is 5.89.